The summed E-state index contributed by atoms with van der Waals surface area (Å²) in [5.41, 5.74) is 0. The number of halogens is 1. The van der Waals surface area contributed by atoms with E-state index in [4.69, 9.17) is 9.73 Å². The highest BCUT2D eigenvalue weighted by Gasteiger charge is 2.23. The number of methoxy groups -OCH3 is 1. The zero-order valence-corrected chi connectivity index (χ0v) is 20.5. The third-order valence-electron chi connectivity index (χ3n) is 4.89. The van der Waals surface area contributed by atoms with E-state index in [0.29, 0.717) is 18.4 Å². The van der Waals surface area contributed by atoms with Crippen molar-refractivity contribution in [3.05, 3.63) is 0 Å². The van der Waals surface area contributed by atoms with Crippen LogP contribution in [0.1, 0.15) is 52.9 Å². The van der Waals surface area contributed by atoms with Crippen LogP contribution in [0.4, 0.5) is 0 Å². The minimum atomic E-state index is -0.116. The maximum atomic E-state index is 11.1. The lowest BCUT2D eigenvalue weighted by Gasteiger charge is -2.36. The summed E-state index contributed by atoms with van der Waals surface area (Å²) in [5, 5.41) is 6.77. The SMILES string of the molecule is CCNC(=NCC(C(C)C)N1CCOCC1)NCCCCCCC(=O)OC.I. The van der Waals surface area contributed by atoms with E-state index in [2.05, 4.69) is 41.0 Å². The zero-order chi connectivity index (χ0) is 19.9. The quantitative estimate of drug-likeness (QED) is 0.138. The van der Waals surface area contributed by atoms with Gasteiger partial charge in [-0.3, -0.25) is 14.7 Å². The first-order valence-corrected chi connectivity index (χ1v) is 10.5. The van der Waals surface area contributed by atoms with Gasteiger partial charge in [-0.25, -0.2) is 0 Å². The van der Waals surface area contributed by atoms with Gasteiger partial charge >= 0.3 is 5.97 Å². The minimum absolute atomic E-state index is 0. The number of hydrogen-bond donors (Lipinski definition) is 2. The highest BCUT2D eigenvalue weighted by molar-refractivity contribution is 14.0. The van der Waals surface area contributed by atoms with Crippen LogP contribution in [-0.4, -0.2) is 75.9 Å². The predicted molar refractivity (Wildman–Crippen MR) is 126 cm³/mol. The van der Waals surface area contributed by atoms with E-state index in [9.17, 15) is 4.79 Å². The third-order valence-corrected chi connectivity index (χ3v) is 4.89. The molecule has 0 radical (unpaired) electrons. The van der Waals surface area contributed by atoms with Crippen molar-refractivity contribution in [2.75, 3.05) is 53.0 Å². The Morgan fingerprint density at radius 2 is 1.82 bits per heavy atom. The van der Waals surface area contributed by atoms with Crippen molar-refractivity contribution >= 4 is 35.9 Å². The average molecular weight is 512 g/mol. The van der Waals surface area contributed by atoms with E-state index in [1.807, 2.05) is 0 Å². The van der Waals surface area contributed by atoms with Crippen molar-refractivity contribution in [1.82, 2.24) is 15.5 Å². The van der Waals surface area contributed by atoms with Gasteiger partial charge in [-0.15, -0.1) is 24.0 Å². The molecule has 0 saturated carbocycles. The van der Waals surface area contributed by atoms with E-state index in [-0.39, 0.29) is 29.9 Å². The van der Waals surface area contributed by atoms with Crippen molar-refractivity contribution in [1.29, 1.82) is 0 Å². The fourth-order valence-corrected chi connectivity index (χ4v) is 3.24. The van der Waals surface area contributed by atoms with Crippen LogP contribution in [-0.2, 0) is 14.3 Å². The van der Waals surface area contributed by atoms with Gasteiger partial charge in [0.15, 0.2) is 5.96 Å². The molecule has 8 heteroatoms. The molecule has 2 N–H and O–H groups in total. The number of nitrogens with one attached hydrogen (secondary N) is 2. The van der Waals surface area contributed by atoms with E-state index >= 15 is 0 Å². The molecular formula is C20H41IN4O3. The maximum Gasteiger partial charge on any atom is 0.305 e. The molecule has 0 spiro atoms. The molecule has 0 aromatic carbocycles. The van der Waals surface area contributed by atoms with E-state index in [0.717, 1.165) is 77.6 Å². The highest BCUT2D eigenvalue weighted by atomic mass is 127. The van der Waals surface area contributed by atoms with E-state index in [1.165, 1.54) is 7.11 Å². The number of ether oxygens (including phenoxy) is 2. The van der Waals surface area contributed by atoms with Gasteiger partial charge in [0.2, 0.25) is 0 Å². The molecule has 7 nitrogen and oxygen atoms in total. The molecule has 166 valence electrons. The number of hydrogen-bond acceptors (Lipinski definition) is 5. The van der Waals surface area contributed by atoms with Crippen LogP contribution >= 0.6 is 24.0 Å². The molecular weight excluding hydrogens is 471 g/mol. The number of unbranched alkanes of at least 4 members (excludes halogenated alkanes) is 3. The molecule has 1 atom stereocenters. The summed E-state index contributed by atoms with van der Waals surface area (Å²) in [6.07, 6.45) is 4.65. The molecule has 1 rings (SSSR count). The Labute approximate surface area is 188 Å². The van der Waals surface area contributed by atoms with Crippen LogP contribution in [0.5, 0.6) is 0 Å². The number of carbonyl (C=O) groups excluding carboxylic acids is 1. The summed E-state index contributed by atoms with van der Waals surface area (Å²) in [5.74, 6) is 1.34. The molecule has 1 aliphatic rings. The van der Waals surface area contributed by atoms with Gasteiger partial charge in [0, 0.05) is 38.6 Å². The van der Waals surface area contributed by atoms with Crippen LogP contribution < -0.4 is 10.6 Å². The molecule has 0 bridgehead atoms. The molecule has 1 heterocycles. The first kappa shape index (κ1) is 27.4. The Morgan fingerprint density at radius 3 is 2.43 bits per heavy atom. The number of guanidine groups is 1. The molecule has 1 saturated heterocycles. The fraction of sp³-hybridized carbons (Fsp3) is 0.900. The normalized spacial score (nSPS) is 16.4. The van der Waals surface area contributed by atoms with Gasteiger partial charge < -0.3 is 20.1 Å². The molecule has 0 aromatic rings. The van der Waals surface area contributed by atoms with Gasteiger partial charge in [0.25, 0.3) is 0 Å². The molecule has 28 heavy (non-hydrogen) atoms. The Kier molecular flexibility index (Phi) is 16.9. The zero-order valence-electron chi connectivity index (χ0n) is 18.2. The summed E-state index contributed by atoms with van der Waals surface area (Å²) >= 11 is 0. The van der Waals surface area contributed by atoms with Crippen molar-refractivity contribution in [3.63, 3.8) is 0 Å². The lowest BCUT2D eigenvalue weighted by molar-refractivity contribution is -0.140. The summed E-state index contributed by atoms with van der Waals surface area (Å²) in [6.45, 7) is 12.8. The van der Waals surface area contributed by atoms with Crippen LogP contribution in [0.15, 0.2) is 4.99 Å². The van der Waals surface area contributed by atoms with Gasteiger partial charge in [-0.2, -0.15) is 0 Å². The standard InChI is InChI=1S/C20H40N4O3.HI/c1-5-21-20(22-11-9-7-6-8-10-19(25)26-4)23-16-18(17(2)3)24-12-14-27-15-13-24;/h17-18H,5-16H2,1-4H3,(H2,21,22,23);1H. The Hall–Kier alpha value is -0.610. The number of rotatable bonds is 12. The van der Waals surface area contributed by atoms with Crippen molar-refractivity contribution in [2.24, 2.45) is 10.9 Å². The molecule has 0 aliphatic carbocycles. The van der Waals surface area contributed by atoms with Gasteiger partial charge in [0.05, 0.1) is 26.9 Å². The first-order chi connectivity index (χ1) is 13.1. The topological polar surface area (TPSA) is 75.2 Å². The van der Waals surface area contributed by atoms with Crippen LogP contribution in [0.3, 0.4) is 0 Å². The minimum Gasteiger partial charge on any atom is -0.469 e. The molecule has 1 fully saturated rings. The molecule has 1 unspecified atom stereocenters. The predicted octanol–water partition coefficient (Wildman–Crippen LogP) is 2.64. The summed E-state index contributed by atoms with van der Waals surface area (Å²) in [4.78, 5) is 18.4. The largest absolute Gasteiger partial charge is 0.469 e. The Morgan fingerprint density at radius 1 is 1.14 bits per heavy atom. The lowest BCUT2D eigenvalue weighted by Crippen LogP contribution is -2.48. The van der Waals surface area contributed by atoms with Crippen molar-refractivity contribution in [3.8, 4) is 0 Å². The van der Waals surface area contributed by atoms with Crippen LogP contribution in [0.2, 0.25) is 0 Å². The second-order valence-electron chi connectivity index (χ2n) is 7.35. The number of morpholine rings is 1. The Bertz CT molecular complexity index is 430. The smallest absolute Gasteiger partial charge is 0.305 e. The van der Waals surface area contributed by atoms with Gasteiger partial charge in [0.1, 0.15) is 0 Å². The molecule has 0 aromatic heterocycles. The van der Waals surface area contributed by atoms with Crippen molar-refractivity contribution in [2.45, 2.75) is 58.9 Å². The molecule has 1 aliphatic heterocycles. The lowest BCUT2D eigenvalue weighted by atomic mass is 10.0. The van der Waals surface area contributed by atoms with Crippen molar-refractivity contribution < 1.29 is 14.3 Å². The van der Waals surface area contributed by atoms with Gasteiger partial charge in [-0.1, -0.05) is 26.7 Å². The van der Waals surface area contributed by atoms with E-state index in [1.54, 1.807) is 0 Å². The third kappa shape index (κ3) is 12.1. The second-order valence-corrected chi connectivity index (χ2v) is 7.35. The van der Waals surface area contributed by atoms with Gasteiger partial charge in [-0.05, 0) is 25.7 Å². The number of carbonyl (C=O) groups is 1. The number of nitrogens with zero attached hydrogens (tertiary/aromatic N) is 2. The Balaban J connectivity index is 0.00000729. The maximum absolute atomic E-state index is 11.1. The summed E-state index contributed by atoms with van der Waals surface area (Å²) in [6, 6.07) is 0.447. The second kappa shape index (κ2) is 17.3. The number of esters is 1. The average Bonchev–Trinajstić information content (AvgIpc) is 2.67. The highest BCUT2D eigenvalue weighted by Crippen LogP contribution is 2.13. The van der Waals surface area contributed by atoms with Crippen LogP contribution in [0, 0.1) is 5.92 Å². The monoisotopic (exact) mass is 512 g/mol. The summed E-state index contributed by atoms with van der Waals surface area (Å²) < 4.78 is 10.1. The fourth-order valence-electron chi connectivity index (χ4n) is 3.24. The van der Waals surface area contributed by atoms with E-state index < -0.39 is 0 Å². The van der Waals surface area contributed by atoms with Crippen LogP contribution in [0.25, 0.3) is 0 Å². The number of aliphatic imine (C=N–C) groups is 1. The first-order valence-electron chi connectivity index (χ1n) is 10.5. The summed E-state index contributed by atoms with van der Waals surface area (Å²) in [7, 11) is 1.44. The molecule has 0 amide bonds.